The number of aromatic nitrogens is 3. The van der Waals surface area contributed by atoms with Crippen LogP contribution >= 0.6 is 11.6 Å². The van der Waals surface area contributed by atoms with Gasteiger partial charge in [0.1, 0.15) is 12.1 Å². The Labute approximate surface area is 174 Å². The molecule has 4 rings (SSSR count). The van der Waals surface area contributed by atoms with Gasteiger partial charge < -0.3 is 9.42 Å². The van der Waals surface area contributed by atoms with Gasteiger partial charge in [-0.15, -0.1) is 0 Å². The molecule has 0 fully saturated rings. The molecule has 1 amide bonds. The van der Waals surface area contributed by atoms with E-state index in [1.165, 1.54) is 23.4 Å². The van der Waals surface area contributed by atoms with Gasteiger partial charge in [0.15, 0.2) is 0 Å². The van der Waals surface area contributed by atoms with Crippen LogP contribution in [0.5, 0.6) is 0 Å². The molecule has 0 N–H and O–H groups in total. The van der Waals surface area contributed by atoms with Crippen molar-refractivity contribution < 1.29 is 22.5 Å². The minimum Gasteiger partial charge on any atom is -0.361 e. The summed E-state index contributed by atoms with van der Waals surface area (Å²) in [6.45, 7) is 4.04. The Bertz CT molecular complexity index is 1120. The molecule has 1 aliphatic heterocycles. The second kappa shape index (κ2) is 7.39. The molecule has 6 nitrogen and oxygen atoms in total. The first kappa shape index (κ1) is 20.3. The first-order valence-electron chi connectivity index (χ1n) is 9.09. The second-order valence-electron chi connectivity index (χ2n) is 6.99. The van der Waals surface area contributed by atoms with E-state index in [0.717, 1.165) is 17.2 Å². The zero-order valence-electron chi connectivity index (χ0n) is 16.0. The Kier molecular flexibility index (Phi) is 5.01. The van der Waals surface area contributed by atoms with Crippen LogP contribution in [0.3, 0.4) is 0 Å². The molecule has 0 bridgehead atoms. The number of hydrogen-bond donors (Lipinski definition) is 0. The number of nitrogens with zero attached hydrogens (tertiary/aromatic N) is 4. The van der Waals surface area contributed by atoms with Crippen LogP contribution in [0, 0.1) is 13.8 Å². The van der Waals surface area contributed by atoms with Gasteiger partial charge >= 0.3 is 6.18 Å². The van der Waals surface area contributed by atoms with Crippen LogP contribution in [0.25, 0.3) is 11.3 Å². The lowest BCUT2D eigenvalue weighted by Gasteiger charge is -2.29. The summed E-state index contributed by atoms with van der Waals surface area (Å²) in [4.78, 5) is 23.0. The molecule has 3 heterocycles. The van der Waals surface area contributed by atoms with Crippen LogP contribution < -0.4 is 0 Å². The maximum atomic E-state index is 13.1. The van der Waals surface area contributed by atoms with Crippen molar-refractivity contribution >= 4 is 17.5 Å². The number of benzene rings is 1. The summed E-state index contributed by atoms with van der Waals surface area (Å²) in [5.74, 6) is 0.0527. The third kappa shape index (κ3) is 3.43. The normalized spacial score (nSPS) is 14.0. The van der Waals surface area contributed by atoms with Crippen LogP contribution in [0.2, 0.25) is 5.02 Å². The summed E-state index contributed by atoms with van der Waals surface area (Å²) in [7, 11) is 0. The molecule has 0 spiro atoms. The SMILES string of the molecule is Cc1noc(C)c1-c1ncnc2c1CCN(C(=O)c1cccc(C(F)(F)F)c1Cl)C2. The summed E-state index contributed by atoms with van der Waals surface area (Å²) in [6.07, 6.45) is -2.80. The molecule has 156 valence electrons. The highest BCUT2D eigenvalue weighted by Crippen LogP contribution is 2.37. The summed E-state index contributed by atoms with van der Waals surface area (Å²) >= 11 is 5.92. The van der Waals surface area contributed by atoms with Crippen LogP contribution in [-0.2, 0) is 19.1 Å². The maximum Gasteiger partial charge on any atom is 0.417 e. The minimum atomic E-state index is -4.64. The highest BCUT2D eigenvalue weighted by atomic mass is 35.5. The summed E-state index contributed by atoms with van der Waals surface area (Å²) < 4.78 is 44.6. The van der Waals surface area contributed by atoms with E-state index in [4.69, 9.17) is 16.1 Å². The fraction of sp³-hybridized carbons (Fsp3) is 0.300. The number of aryl methyl sites for hydroxylation is 2. The number of amides is 1. The molecule has 30 heavy (non-hydrogen) atoms. The van der Waals surface area contributed by atoms with E-state index in [9.17, 15) is 18.0 Å². The Morgan fingerprint density at radius 2 is 2.00 bits per heavy atom. The number of carbonyl (C=O) groups excluding carboxylic acids is 1. The standard InChI is InChI=1S/C20H16ClF3N4O2/c1-10-16(11(2)30-27-10)18-12-6-7-28(8-15(12)25-9-26-18)19(29)13-4-3-5-14(17(13)21)20(22,23)24/h3-5,9H,6-8H2,1-2H3. The van der Waals surface area contributed by atoms with E-state index in [2.05, 4.69) is 15.1 Å². The third-order valence-corrected chi connectivity index (χ3v) is 5.51. The Morgan fingerprint density at radius 1 is 1.23 bits per heavy atom. The van der Waals surface area contributed by atoms with Crippen molar-refractivity contribution in [1.82, 2.24) is 20.0 Å². The summed E-state index contributed by atoms with van der Waals surface area (Å²) in [5, 5.41) is 3.36. The van der Waals surface area contributed by atoms with Gasteiger partial charge in [-0.2, -0.15) is 13.2 Å². The van der Waals surface area contributed by atoms with Gasteiger partial charge in [0.05, 0.1) is 45.3 Å². The molecule has 0 radical (unpaired) electrons. The number of halogens is 4. The van der Waals surface area contributed by atoms with Gasteiger partial charge in [-0.3, -0.25) is 4.79 Å². The van der Waals surface area contributed by atoms with Crippen molar-refractivity contribution in [1.29, 1.82) is 0 Å². The molecular weight excluding hydrogens is 421 g/mol. The number of fused-ring (bicyclic) bond motifs is 1. The molecule has 0 saturated carbocycles. The third-order valence-electron chi connectivity index (χ3n) is 5.10. The van der Waals surface area contributed by atoms with Gasteiger partial charge in [0.25, 0.3) is 5.91 Å². The van der Waals surface area contributed by atoms with E-state index < -0.39 is 22.7 Å². The lowest BCUT2D eigenvalue weighted by molar-refractivity contribution is -0.137. The number of hydrogen-bond acceptors (Lipinski definition) is 5. The summed E-state index contributed by atoms with van der Waals surface area (Å²) in [5.41, 5.74) is 2.46. The first-order chi connectivity index (χ1) is 14.2. The molecule has 0 unspecified atom stereocenters. The molecule has 0 atom stereocenters. The minimum absolute atomic E-state index is 0.139. The molecule has 2 aromatic heterocycles. The predicted octanol–water partition coefficient (Wildman–Crippen LogP) is 4.62. The fourth-order valence-electron chi connectivity index (χ4n) is 3.65. The Hall–Kier alpha value is -2.94. The van der Waals surface area contributed by atoms with Crippen LogP contribution in [0.15, 0.2) is 29.0 Å². The van der Waals surface area contributed by atoms with Crippen LogP contribution in [-0.4, -0.2) is 32.5 Å². The van der Waals surface area contributed by atoms with Gasteiger partial charge in [-0.05, 0) is 32.4 Å². The van der Waals surface area contributed by atoms with Gasteiger partial charge in [-0.25, -0.2) is 9.97 Å². The van der Waals surface area contributed by atoms with E-state index in [1.807, 2.05) is 6.92 Å². The Balaban J connectivity index is 1.67. The molecule has 1 aromatic carbocycles. The Morgan fingerprint density at radius 3 is 2.67 bits per heavy atom. The number of rotatable bonds is 2. The quantitative estimate of drug-likeness (QED) is 0.586. The lowest BCUT2D eigenvalue weighted by atomic mass is 9.97. The van der Waals surface area contributed by atoms with Gasteiger partial charge in [0.2, 0.25) is 0 Å². The molecule has 3 aromatic rings. The van der Waals surface area contributed by atoms with Gasteiger partial charge in [-0.1, -0.05) is 22.8 Å². The topological polar surface area (TPSA) is 72.1 Å². The number of carbonyl (C=O) groups is 1. The van der Waals surface area contributed by atoms with Crippen LogP contribution in [0.4, 0.5) is 13.2 Å². The predicted molar refractivity (Wildman–Crippen MR) is 102 cm³/mol. The van der Waals surface area contributed by atoms with E-state index in [-0.39, 0.29) is 12.1 Å². The second-order valence-corrected chi connectivity index (χ2v) is 7.37. The van der Waals surface area contributed by atoms with Crippen LogP contribution in [0.1, 0.15) is 38.6 Å². The lowest BCUT2D eigenvalue weighted by Crippen LogP contribution is -2.37. The molecular formula is C20H16ClF3N4O2. The summed E-state index contributed by atoms with van der Waals surface area (Å²) in [6, 6.07) is 3.33. The molecule has 0 aliphatic carbocycles. The van der Waals surface area contributed by atoms with Crippen molar-refractivity contribution in [2.75, 3.05) is 6.54 Å². The smallest absolute Gasteiger partial charge is 0.361 e. The van der Waals surface area contributed by atoms with E-state index in [1.54, 1.807) is 6.92 Å². The highest BCUT2D eigenvalue weighted by Gasteiger charge is 2.36. The largest absolute Gasteiger partial charge is 0.417 e. The van der Waals surface area contributed by atoms with Crippen molar-refractivity contribution in [3.63, 3.8) is 0 Å². The van der Waals surface area contributed by atoms with Crippen molar-refractivity contribution in [3.05, 3.63) is 63.4 Å². The molecule has 1 aliphatic rings. The first-order valence-corrected chi connectivity index (χ1v) is 9.47. The molecule has 0 saturated heterocycles. The van der Waals surface area contributed by atoms with Gasteiger partial charge in [0, 0.05) is 12.1 Å². The average molecular weight is 437 g/mol. The maximum absolute atomic E-state index is 13.1. The fourth-order valence-corrected chi connectivity index (χ4v) is 3.96. The van der Waals surface area contributed by atoms with Crippen molar-refractivity contribution in [3.8, 4) is 11.3 Å². The average Bonchev–Trinajstić information content (AvgIpc) is 3.04. The monoisotopic (exact) mass is 436 g/mol. The zero-order valence-corrected chi connectivity index (χ0v) is 16.8. The molecule has 10 heteroatoms. The van der Waals surface area contributed by atoms with E-state index >= 15 is 0 Å². The number of alkyl halides is 3. The highest BCUT2D eigenvalue weighted by molar-refractivity contribution is 6.34. The van der Waals surface area contributed by atoms with Crippen molar-refractivity contribution in [2.24, 2.45) is 0 Å². The zero-order chi connectivity index (χ0) is 21.6. The van der Waals surface area contributed by atoms with E-state index in [0.29, 0.717) is 35.8 Å². The van der Waals surface area contributed by atoms with Crippen molar-refractivity contribution in [2.45, 2.75) is 33.0 Å².